The third-order valence-corrected chi connectivity index (χ3v) is 6.74. The standard InChI is InChI=1S/C22H20ClN3O7/c1-12-7-20-16(10-17(12)23)19(27)11-22(33-20)3-5-24(6-4-22)21(28)15-8-14(25(29)30)9-18(13(15)2)26(31)32/h7-10H,3-6,11H2,1-2H3. The van der Waals surface area contributed by atoms with Gasteiger partial charge in [-0.05, 0) is 31.5 Å². The number of rotatable bonds is 3. The molecule has 1 saturated heterocycles. The van der Waals surface area contributed by atoms with Crippen molar-refractivity contribution in [1.82, 2.24) is 4.90 Å². The lowest BCUT2D eigenvalue weighted by atomic mass is 9.82. The number of likely N-dealkylation sites (tertiary alicyclic amines) is 1. The average molecular weight is 474 g/mol. The predicted octanol–water partition coefficient (Wildman–Crippen LogP) is 4.41. The van der Waals surface area contributed by atoms with Gasteiger partial charge in [0.25, 0.3) is 17.3 Å². The molecule has 0 saturated carbocycles. The molecule has 0 radical (unpaired) electrons. The molecule has 2 heterocycles. The van der Waals surface area contributed by atoms with E-state index in [1.165, 1.54) is 11.8 Å². The van der Waals surface area contributed by atoms with Gasteiger partial charge in [0.1, 0.15) is 11.4 Å². The smallest absolute Gasteiger partial charge is 0.279 e. The van der Waals surface area contributed by atoms with Gasteiger partial charge >= 0.3 is 0 Å². The van der Waals surface area contributed by atoms with Crippen LogP contribution in [0.3, 0.4) is 0 Å². The van der Waals surface area contributed by atoms with Gasteiger partial charge in [0.05, 0.1) is 33.5 Å². The molecule has 2 aliphatic heterocycles. The zero-order chi connectivity index (χ0) is 24.1. The van der Waals surface area contributed by atoms with Crippen molar-refractivity contribution in [2.45, 2.75) is 38.7 Å². The van der Waals surface area contributed by atoms with E-state index in [1.54, 1.807) is 12.1 Å². The molecule has 2 aromatic carbocycles. The number of non-ortho nitro benzene ring substituents is 1. The summed E-state index contributed by atoms with van der Waals surface area (Å²) < 4.78 is 6.23. The van der Waals surface area contributed by atoms with Crippen LogP contribution in [0.1, 0.15) is 51.1 Å². The Balaban J connectivity index is 1.57. The van der Waals surface area contributed by atoms with Crippen molar-refractivity contribution in [3.05, 3.63) is 71.8 Å². The molecule has 33 heavy (non-hydrogen) atoms. The Morgan fingerprint density at radius 1 is 1.09 bits per heavy atom. The van der Waals surface area contributed by atoms with Gasteiger partial charge in [-0.3, -0.25) is 29.8 Å². The quantitative estimate of drug-likeness (QED) is 0.476. The number of aryl methyl sites for hydroxylation is 1. The Morgan fingerprint density at radius 2 is 1.76 bits per heavy atom. The zero-order valence-corrected chi connectivity index (χ0v) is 18.7. The summed E-state index contributed by atoms with van der Waals surface area (Å²) in [4.78, 5) is 48.4. The number of carbonyl (C=O) groups is 2. The van der Waals surface area contributed by atoms with Crippen LogP contribution in [0, 0.1) is 34.1 Å². The van der Waals surface area contributed by atoms with E-state index in [0.717, 1.165) is 17.7 Å². The van der Waals surface area contributed by atoms with Gasteiger partial charge in [-0.25, -0.2) is 0 Å². The molecule has 0 bridgehead atoms. The highest BCUT2D eigenvalue weighted by Crippen LogP contribution is 2.41. The number of nitro benzene ring substituents is 2. The SMILES string of the molecule is Cc1cc2c(cc1Cl)C(=O)CC1(CCN(C(=O)c3cc([N+](=O)[O-])cc([N+](=O)[O-])c3C)CC1)O2. The summed E-state index contributed by atoms with van der Waals surface area (Å²) in [5, 5.41) is 23.0. The summed E-state index contributed by atoms with van der Waals surface area (Å²) >= 11 is 6.14. The summed E-state index contributed by atoms with van der Waals surface area (Å²) in [6.07, 6.45) is 0.909. The van der Waals surface area contributed by atoms with Crippen LogP contribution in [-0.4, -0.2) is 45.1 Å². The Kier molecular flexibility index (Phi) is 5.57. The molecule has 2 aliphatic rings. The summed E-state index contributed by atoms with van der Waals surface area (Å²) in [7, 11) is 0. The van der Waals surface area contributed by atoms with Crippen molar-refractivity contribution in [3.63, 3.8) is 0 Å². The van der Waals surface area contributed by atoms with Crippen LogP contribution in [0.2, 0.25) is 5.02 Å². The molecule has 10 nitrogen and oxygen atoms in total. The van der Waals surface area contributed by atoms with Crippen LogP contribution in [0.4, 0.5) is 11.4 Å². The molecule has 0 aromatic heterocycles. The van der Waals surface area contributed by atoms with E-state index in [-0.39, 0.29) is 36.4 Å². The number of benzene rings is 2. The van der Waals surface area contributed by atoms with Gasteiger partial charge in [0.2, 0.25) is 0 Å². The molecule has 172 valence electrons. The molecule has 11 heteroatoms. The molecular weight excluding hydrogens is 454 g/mol. The molecule has 1 amide bonds. The third-order valence-electron chi connectivity index (χ3n) is 6.34. The van der Waals surface area contributed by atoms with E-state index in [4.69, 9.17) is 16.3 Å². The third kappa shape index (κ3) is 4.02. The van der Waals surface area contributed by atoms with Crippen LogP contribution in [-0.2, 0) is 0 Å². The largest absolute Gasteiger partial charge is 0.486 e. The predicted molar refractivity (Wildman–Crippen MR) is 118 cm³/mol. The maximum atomic E-state index is 13.1. The number of carbonyl (C=O) groups excluding carboxylic acids is 2. The van der Waals surface area contributed by atoms with Crippen molar-refractivity contribution < 1.29 is 24.2 Å². The molecule has 1 spiro atoms. The highest BCUT2D eigenvalue weighted by Gasteiger charge is 2.44. The minimum Gasteiger partial charge on any atom is -0.486 e. The van der Waals surface area contributed by atoms with Crippen molar-refractivity contribution >= 4 is 34.7 Å². The fourth-order valence-corrected chi connectivity index (χ4v) is 4.55. The maximum Gasteiger partial charge on any atom is 0.279 e. The normalized spacial score (nSPS) is 16.8. The monoisotopic (exact) mass is 473 g/mol. The van der Waals surface area contributed by atoms with Gasteiger partial charge < -0.3 is 9.64 Å². The minimum atomic E-state index is -0.762. The minimum absolute atomic E-state index is 0.0706. The van der Waals surface area contributed by atoms with Crippen molar-refractivity contribution in [3.8, 4) is 5.75 Å². The fourth-order valence-electron chi connectivity index (χ4n) is 4.38. The number of Topliss-reactive ketones (excluding diaryl/α,β-unsaturated/α-hetero) is 1. The van der Waals surface area contributed by atoms with Crippen LogP contribution in [0.5, 0.6) is 5.75 Å². The Bertz CT molecular complexity index is 1220. The molecular formula is C22H20ClN3O7. The van der Waals surface area contributed by atoms with E-state index >= 15 is 0 Å². The number of piperidine rings is 1. The van der Waals surface area contributed by atoms with Gasteiger partial charge in [0.15, 0.2) is 5.78 Å². The van der Waals surface area contributed by atoms with E-state index in [1.807, 2.05) is 6.92 Å². The summed E-state index contributed by atoms with van der Waals surface area (Å²) in [6.45, 7) is 3.70. The number of hydrogen-bond donors (Lipinski definition) is 0. The number of halogens is 1. The number of ether oxygens (including phenoxy) is 1. The number of fused-ring (bicyclic) bond motifs is 1. The van der Waals surface area contributed by atoms with Crippen LogP contribution in [0.15, 0.2) is 24.3 Å². The lowest BCUT2D eigenvalue weighted by Crippen LogP contribution is -2.52. The Morgan fingerprint density at radius 3 is 2.36 bits per heavy atom. The zero-order valence-electron chi connectivity index (χ0n) is 17.9. The van der Waals surface area contributed by atoms with Crippen LogP contribution >= 0.6 is 11.6 Å². The number of nitrogens with zero attached hydrogens (tertiary/aromatic N) is 3. The number of hydrogen-bond acceptors (Lipinski definition) is 7. The first-order valence-electron chi connectivity index (χ1n) is 10.3. The molecule has 0 unspecified atom stereocenters. The second-order valence-electron chi connectivity index (χ2n) is 8.43. The summed E-state index contributed by atoms with van der Waals surface area (Å²) in [6, 6.07) is 5.26. The van der Waals surface area contributed by atoms with Gasteiger partial charge in [-0.15, -0.1) is 0 Å². The first-order chi connectivity index (χ1) is 15.5. The fraction of sp³-hybridized carbons (Fsp3) is 0.364. The lowest BCUT2D eigenvalue weighted by Gasteiger charge is -2.44. The van der Waals surface area contributed by atoms with Crippen molar-refractivity contribution in [2.24, 2.45) is 0 Å². The van der Waals surface area contributed by atoms with E-state index in [9.17, 15) is 29.8 Å². The van der Waals surface area contributed by atoms with Gasteiger partial charge in [-0.1, -0.05) is 11.6 Å². The van der Waals surface area contributed by atoms with Gasteiger partial charge in [-0.2, -0.15) is 0 Å². The van der Waals surface area contributed by atoms with Crippen LogP contribution in [0.25, 0.3) is 0 Å². The highest BCUT2D eigenvalue weighted by molar-refractivity contribution is 6.31. The van der Waals surface area contributed by atoms with Crippen molar-refractivity contribution in [1.29, 1.82) is 0 Å². The Labute approximate surface area is 193 Å². The molecule has 0 aliphatic carbocycles. The topological polar surface area (TPSA) is 133 Å². The first kappa shape index (κ1) is 22.7. The van der Waals surface area contributed by atoms with E-state index in [0.29, 0.717) is 29.2 Å². The van der Waals surface area contributed by atoms with Gasteiger partial charge in [0, 0.05) is 42.6 Å². The Hall–Kier alpha value is -3.53. The van der Waals surface area contributed by atoms with E-state index in [2.05, 4.69) is 0 Å². The second kappa shape index (κ2) is 8.11. The molecule has 0 N–H and O–H groups in total. The highest BCUT2D eigenvalue weighted by atomic mass is 35.5. The molecule has 1 fully saturated rings. The number of amides is 1. The summed E-state index contributed by atoms with van der Waals surface area (Å²) in [5.41, 5.74) is -0.539. The maximum absolute atomic E-state index is 13.1. The molecule has 2 aromatic rings. The summed E-state index contributed by atoms with van der Waals surface area (Å²) in [5.74, 6) is -0.138. The van der Waals surface area contributed by atoms with Crippen LogP contribution < -0.4 is 4.74 Å². The molecule has 0 atom stereocenters. The lowest BCUT2D eigenvalue weighted by molar-refractivity contribution is -0.394. The second-order valence-corrected chi connectivity index (χ2v) is 8.83. The molecule has 4 rings (SSSR count). The van der Waals surface area contributed by atoms with E-state index < -0.39 is 32.7 Å². The average Bonchev–Trinajstić information content (AvgIpc) is 2.75. The number of nitro groups is 2. The first-order valence-corrected chi connectivity index (χ1v) is 10.6. The van der Waals surface area contributed by atoms with Crippen molar-refractivity contribution in [2.75, 3.05) is 13.1 Å². The number of ketones is 1.